The molecule has 2 aliphatic rings. The zero-order valence-electron chi connectivity index (χ0n) is 23.1. The highest BCUT2D eigenvalue weighted by molar-refractivity contribution is 5.77. The molecule has 204 valence electrons. The number of piperazine rings is 1. The third-order valence-electron chi connectivity index (χ3n) is 8.41. The molecular formula is C35H38N4O. The number of amides is 2. The zero-order valence-corrected chi connectivity index (χ0v) is 23.1. The van der Waals surface area contributed by atoms with Crippen molar-refractivity contribution < 1.29 is 4.79 Å². The molecule has 0 aromatic heterocycles. The van der Waals surface area contributed by atoms with Gasteiger partial charge in [-0.2, -0.15) is 0 Å². The number of hydrogen-bond donors (Lipinski definition) is 1. The van der Waals surface area contributed by atoms with Gasteiger partial charge in [-0.15, -0.1) is 0 Å². The summed E-state index contributed by atoms with van der Waals surface area (Å²) in [4.78, 5) is 21.0. The van der Waals surface area contributed by atoms with Gasteiger partial charge in [-0.25, -0.2) is 4.79 Å². The van der Waals surface area contributed by atoms with Gasteiger partial charge in [0.25, 0.3) is 0 Å². The smallest absolute Gasteiger partial charge is 0.318 e. The van der Waals surface area contributed by atoms with Crippen LogP contribution in [0, 0.1) is 0 Å². The van der Waals surface area contributed by atoms with Gasteiger partial charge in [0.2, 0.25) is 0 Å². The van der Waals surface area contributed by atoms with Crippen molar-refractivity contribution in [1.82, 2.24) is 15.1 Å². The van der Waals surface area contributed by atoms with E-state index < -0.39 is 5.54 Å². The Bertz CT molecular complexity index is 1280. The molecule has 0 aliphatic carbocycles. The number of hydrogen-bond acceptors (Lipinski definition) is 3. The molecule has 5 nitrogen and oxygen atoms in total. The highest BCUT2D eigenvalue weighted by atomic mass is 16.2. The van der Waals surface area contributed by atoms with Crippen molar-refractivity contribution in [3.63, 3.8) is 0 Å². The SMILES string of the molecule is O=C(NC(c1ccccc1)(c1ccccc1)c1ccccc1)N1CCN(Cc2ccccc2N2CCCC2)CC1. The van der Waals surface area contributed by atoms with Crippen molar-refractivity contribution >= 4 is 11.7 Å². The lowest BCUT2D eigenvalue weighted by molar-refractivity contribution is 0.132. The number of nitrogens with zero attached hydrogens (tertiary/aromatic N) is 3. The fourth-order valence-electron chi connectivity index (χ4n) is 6.28. The molecule has 4 aromatic rings. The molecule has 0 radical (unpaired) electrons. The van der Waals surface area contributed by atoms with Crippen molar-refractivity contribution in [3.05, 3.63) is 138 Å². The molecule has 6 rings (SSSR count). The van der Waals surface area contributed by atoms with Gasteiger partial charge in [0, 0.05) is 51.5 Å². The molecule has 0 unspecified atom stereocenters. The van der Waals surface area contributed by atoms with Crippen LogP contribution in [0.1, 0.15) is 35.1 Å². The Hall–Kier alpha value is -4.09. The highest BCUT2D eigenvalue weighted by Gasteiger charge is 2.39. The van der Waals surface area contributed by atoms with Crippen LogP contribution in [0.25, 0.3) is 0 Å². The van der Waals surface area contributed by atoms with Crippen molar-refractivity contribution in [1.29, 1.82) is 0 Å². The van der Waals surface area contributed by atoms with Gasteiger partial charge in [0.15, 0.2) is 0 Å². The summed E-state index contributed by atoms with van der Waals surface area (Å²) >= 11 is 0. The Morgan fingerprint density at radius 2 is 1.07 bits per heavy atom. The maximum Gasteiger partial charge on any atom is 0.318 e. The van der Waals surface area contributed by atoms with Crippen LogP contribution >= 0.6 is 0 Å². The van der Waals surface area contributed by atoms with E-state index in [1.54, 1.807) is 0 Å². The quantitative estimate of drug-likeness (QED) is 0.293. The highest BCUT2D eigenvalue weighted by Crippen LogP contribution is 2.37. The predicted octanol–water partition coefficient (Wildman–Crippen LogP) is 6.11. The van der Waals surface area contributed by atoms with Crippen LogP contribution in [0.2, 0.25) is 0 Å². The summed E-state index contributed by atoms with van der Waals surface area (Å²) in [7, 11) is 0. The number of benzene rings is 4. The Labute approximate surface area is 238 Å². The summed E-state index contributed by atoms with van der Waals surface area (Å²) in [6.45, 7) is 6.34. The topological polar surface area (TPSA) is 38.8 Å². The van der Waals surface area contributed by atoms with Crippen LogP contribution < -0.4 is 10.2 Å². The van der Waals surface area contributed by atoms with E-state index in [0.29, 0.717) is 13.1 Å². The van der Waals surface area contributed by atoms with Crippen LogP contribution in [-0.2, 0) is 12.1 Å². The Balaban J connectivity index is 1.22. The number of para-hydroxylation sites is 1. The number of anilines is 1. The summed E-state index contributed by atoms with van der Waals surface area (Å²) < 4.78 is 0. The Morgan fingerprint density at radius 3 is 1.60 bits per heavy atom. The van der Waals surface area contributed by atoms with E-state index in [4.69, 9.17) is 0 Å². The first-order valence-corrected chi connectivity index (χ1v) is 14.5. The number of nitrogens with one attached hydrogen (secondary N) is 1. The van der Waals surface area contributed by atoms with Crippen molar-refractivity contribution in [2.75, 3.05) is 44.2 Å². The maximum atomic E-state index is 14.0. The molecule has 2 saturated heterocycles. The largest absolute Gasteiger partial charge is 0.371 e. The van der Waals surface area contributed by atoms with E-state index in [2.05, 4.69) is 75.8 Å². The summed E-state index contributed by atoms with van der Waals surface area (Å²) in [5.41, 5.74) is 5.08. The number of carbonyl (C=O) groups excluding carboxylic acids is 1. The minimum Gasteiger partial charge on any atom is -0.371 e. The van der Waals surface area contributed by atoms with Gasteiger partial charge < -0.3 is 15.1 Å². The molecule has 0 saturated carbocycles. The Morgan fingerprint density at radius 1 is 0.600 bits per heavy atom. The average Bonchev–Trinajstić information content (AvgIpc) is 3.57. The first-order valence-electron chi connectivity index (χ1n) is 14.5. The average molecular weight is 531 g/mol. The lowest BCUT2D eigenvalue weighted by Crippen LogP contribution is -2.57. The summed E-state index contributed by atoms with van der Waals surface area (Å²) in [5, 5.41) is 3.52. The van der Waals surface area contributed by atoms with Gasteiger partial charge in [-0.3, -0.25) is 4.90 Å². The monoisotopic (exact) mass is 530 g/mol. The third kappa shape index (κ3) is 5.34. The molecule has 0 spiro atoms. The molecule has 0 atom stereocenters. The van der Waals surface area contributed by atoms with Gasteiger partial charge in [-0.1, -0.05) is 109 Å². The summed E-state index contributed by atoms with van der Waals surface area (Å²) in [6.07, 6.45) is 2.55. The van der Waals surface area contributed by atoms with E-state index in [9.17, 15) is 4.79 Å². The fraction of sp³-hybridized carbons (Fsp3) is 0.286. The van der Waals surface area contributed by atoms with E-state index in [1.165, 1.54) is 24.1 Å². The molecule has 0 bridgehead atoms. The molecular weight excluding hydrogens is 492 g/mol. The van der Waals surface area contributed by atoms with Gasteiger partial charge in [-0.05, 0) is 41.2 Å². The number of urea groups is 1. The van der Waals surface area contributed by atoms with E-state index >= 15 is 0 Å². The lowest BCUT2D eigenvalue weighted by Gasteiger charge is -2.41. The minimum atomic E-state index is -0.799. The normalized spacial score (nSPS) is 16.2. The van der Waals surface area contributed by atoms with Gasteiger partial charge in [0.05, 0.1) is 0 Å². The van der Waals surface area contributed by atoms with E-state index in [1.807, 2.05) is 59.5 Å². The molecule has 40 heavy (non-hydrogen) atoms. The minimum absolute atomic E-state index is 0.0336. The van der Waals surface area contributed by atoms with E-state index in [0.717, 1.165) is 49.4 Å². The third-order valence-corrected chi connectivity index (χ3v) is 8.41. The summed E-state index contributed by atoms with van der Waals surface area (Å²) in [6, 6.07) is 39.8. The second-order valence-corrected chi connectivity index (χ2v) is 10.9. The van der Waals surface area contributed by atoms with Crippen molar-refractivity contribution in [3.8, 4) is 0 Å². The zero-order chi connectivity index (χ0) is 27.2. The standard InChI is InChI=1S/C35H38N4O/c40-34(39-26-24-37(25-27-39)28-29-14-10-11-21-33(29)38-22-12-13-23-38)36-35(30-15-4-1-5-16-30,31-17-6-2-7-18-31)32-19-8-3-9-20-32/h1-11,14-21H,12-13,22-28H2,(H,36,40). The second-order valence-electron chi connectivity index (χ2n) is 10.9. The first kappa shape index (κ1) is 26.1. The second kappa shape index (κ2) is 12.0. The molecule has 2 aliphatic heterocycles. The van der Waals surface area contributed by atoms with Crippen LogP contribution in [0.15, 0.2) is 115 Å². The molecule has 2 heterocycles. The Kier molecular flexibility index (Phi) is 7.83. The molecule has 2 fully saturated rings. The van der Waals surface area contributed by atoms with Crippen LogP contribution in [0.5, 0.6) is 0 Å². The van der Waals surface area contributed by atoms with Crippen molar-refractivity contribution in [2.45, 2.75) is 24.9 Å². The van der Waals surface area contributed by atoms with Gasteiger partial charge in [0.1, 0.15) is 5.54 Å². The van der Waals surface area contributed by atoms with Crippen molar-refractivity contribution in [2.24, 2.45) is 0 Å². The van der Waals surface area contributed by atoms with E-state index in [-0.39, 0.29) is 6.03 Å². The first-order chi connectivity index (χ1) is 19.7. The van der Waals surface area contributed by atoms with Crippen LogP contribution in [-0.4, -0.2) is 55.1 Å². The number of rotatable bonds is 7. The lowest BCUT2D eigenvalue weighted by atomic mass is 9.77. The molecule has 5 heteroatoms. The summed E-state index contributed by atoms with van der Waals surface area (Å²) in [5.74, 6) is 0. The molecule has 1 N–H and O–H groups in total. The fourth-order valence-corrected chi connectivity index (χ4v) is 6.28. The molecule has 2 amide bonds. The predicted molar refractivity (Wildman–Crippen MR) is 162 cm³/mol. The maximum absolute atomic E-state index is 14.0. The van der Waals surface area contributed by atoms with Crippen LogP contribution in [0.3, 0.4) is 0 Å². The molecule has 4 aromatic carbocycles. The number of carbonyl (C=O) groups is 1. The van der Waals surface area contributed by atoms with Gasteiger partial charge >= 0.3 is 6.03 Å². The van der Waals surface area contributed by atoms with Crippen LogP contribution in [0.4, 0.5) is 10.5 Å².